The molecule has 3 aromatic rings. The van der Waals surface area contributed by atoms with Gasteiger partial charge >= 0.3 is 0 Å². The van der Waals surface area contributed by atoms with Crippen molar-refractivity contribution in [2.75, 3.05) is 19.5 Å². The highest BCUT2D eigenvalue weighted by Crippen LogP contribution is 2.32. The lowest BCUT2D eigenvalue weighted by Crippen LogP contribution is -2.38. The van der Waals surface area contributed by atoms with Gasteiger partial charge in [0.05, 0.1) is 24.3 Å². The Morgan fingerprint density at radius 3 is 2.64 bits per heavy atom. The predicted molar refractivity (Wildman–Crippen MR) is 121 cm³/mol. The molecule has 1 aliphatic rings. The maximum absolute atomic E-state index is 13.0. The van der Waals surface area contributed by atoms with Crippen molar-refractivity contribution < 1.29 is 31.8 Å². The highest BCUT2D eigenvalue weighted by molar-refractivity contribution is 7.94. The van der Waals surface area contributed by atoms with Gasteiger partial charge in [-0.2, -0.15) is 0 Å². The number of hydrogen-bond acceptors (Lipinski definition) is 8. The summed E-state index contributed by atoms with van der Waals surface area (Å²) in [6.07, 6.45) is 1.42. The Balaban J connectivity index is 1.49. The molecule has 0 radical (unpaired) electrons. The average molecular weight is 471 g/mol. The molecule has 33 heavy (non-hydrogen) atoms. The number of nitrogens with one attached hydrogen (secondary N) is 1. The van der Waals surface area contributed by atoms with Crippen LogP contribution in [0.1, 0.15) is 5.76 Å². The quantitative estimate of drug-likeness (QED) is 0.558. The second-order valence-electron chi connectivity index (χ2n) is 7.35. The molecule has 0 saturated carbocycles. The Morgan fingerprint density at radius 2 is 1.94 bits per heavy atom. The first kappa shape index (κ1) is 22.4. The van der Waals surface area contributed by atoms with Crippen LogP contribution in [0.4, 0.5) is 0 Å². The van der Waals surface area contributed by atoms with E-state index in [4.69, 9.17) is 18.6 Å². The third kappa shape index (κ3) is 5.01. The van der Waals surface area contributed by atoms with Crippen LogP contribution in [0, 0.1) is 6.92 Å². The number of carbonyl (C=O) groups excluding carboxylic acids is 1. The van der Waals surface area contributed by atoms with Gasteiger partial charge < -0.3 is 23.9 Å². The molecule has 2 heterocycles. The fourth-order valence-corrected chi connectivity index (χ4v) is 4.59. The van der Waals surface area contributed by atoms with Gasteiger partial charge in [-0.3, -0.25) is 9.59 Å². The number of amides is 1. The van der Waals surface area contributed by atoms with Crippen LogP contribution >= 0.6 is 0 Å². The highest BCUT2D eigenvalue weighted by atomic mass is 32.2. The van der Waals surface area contributed by atoms with Gasteiger partial charge in [-0.15, -0.1) is 0 Å². The van der Waals surface area contributed by atoms with Crippen LogP contribution in [-0.4, -0.2) is 39.8 Å². The molecular weight excluding hydrogens is 450 g/mol. The molecular formula is C23H21NO8S. The summed E-state index contributed by atoms with van der Waals surface area (Å²) >= 11 is 0. The largest absolute Gasteiger partial charge is 0.493 e. The molecule has 0 aliphatic carbocycles. The summed E-state index contributed by atoms with van der Waals surface area (Å²) in [5.41, 5.74) is -0.0919. The van der Waals surface area contributed by atoms with Crippen LogP contribution in [0.2, 0.25) is 0 Å². The summed E-state index contributed by atoms with van der Waals surface area (Å²) in [4.78, 5) is 25.1. The molecule has 1 aliphatic heterocycles. The molecule has 2 aromatic carbocycles. The Hall–Kier alpha value is -3.79. The first-order chi connectivity index (χ1) is 15.8. The van der Waals surface area contributed by atoms with Crippen molar-refractivity contribution in [1.82, 2.24) is 5.32 Å². The van der Waals surface area contributed by atoms with E-state index in [0.717, 1.165) is 5.41 Å². The number of sulfone groups is 1. The van der Waals surface area contributed by atoms with Gasteiger partial charge in [0.25, 0.3) is 5.91 Å². The Labute approximate surface area is 189 Å². The zero-order valence-electron chi connectivity index (χ0n) is 17.9. The number of aryl methyl sites for hydroxylation is 1. The third-order valence-corrected chi connectivity index (χ3v) is 6.31. The van der Waals surface area contributed by atoms with Crippen molar-refractivity contribution in [2.24, 2.45) is 0 Å². The van der Waals surface area contributed by atoms with E-state index in [1.807, 2.05) is 0 Å². The normalized spacial score (nSPS) is 16.5. The van der Waals surface area contributed by atoms with Crippen LogP contribution in [-0.2, 0) is 14.6 Å². The molecule has 0 spiro atoms. The number of rotatable bonds is 7. The van der Waals surface area contributed by atoms with E-state index in [-0.39, 0.29) is 40.3 Å². The first-order valence-corrected chi connectivity index (χ1v) is 11.7. The Morgan fingerprint density at radius 1 is 1.18 bits per heavy atom. The van der Waals surface area contributed by atoms with Gasteiger partial charge in [0.1, 0.15) is 17.1 Å². The van der Waals surface area contributed by atoms with Crippen LogP contribution in [0.3, 0.4) is 0 Å². The molecule has 1 aromatic heterocycles. The fourth-order valence-electron chi connectivity index (χ4n) is 3.35. The maximum atomic E-state index is 13.0. The van der Waals surface area contributed by atoms with E-state index in [1.54, 1.807) is 31.2 Å². The topological polar surface area (TPSA) is 121 Å². The predicted octanol–water partition coefficient (Wildman–Crippen LogP) is 2.71. The van der Waals surface area contributed by atoms with Crippen molar-refractivity contribution in [3.8, 4) is 23.0 Å². The summed E-state index contributed by atoms with van der Waals surface area (Å²) in [6, 6.07) is 10.9. The first-order valence-electron chi connectivity index (χ1n) is 9.97. The zero-order chi connectivity index (χ0) is 23.6. The molecule has 1 atom stereocenters. The van der Waals surface area contributed by atoms with Crippen LogP contribution < -0.4 is 25.0 Å². The maximum Gasteiger partial charge on any atom is 0.258 e. The molecule has 9 nitrogen and oxygen atoms in total. The van der Waals surface area contributed by atoms with Crippen LogP contribution in [0.15, 0.2) is 63.2 Å². The molecule has 172 valence electrons. The average Bonchev–Trinajstić information content (AvgIpc) is 3.13. The van der Waals surface area contributed by atoms with E-state index < -0.39 is 21.8 Å². The molecule has 0 fully saturated rings. The van der Waals surface area contributed by atoms with Crippen molar-refractivity contribution in [2.45, 2.75) is 13.0 Å². The summed E-state index contributed by atoms with van der Waals surface area (Å²) < 4.78 is 45.1. The molecule has 0 bridgehead atoms. The minimum atomic E-state index is -3.26. The number of ether oxygens (including phenoxy) is 3. The Kier molecular flexibility index (Phi) is 6.10. The van der Waals surface area contributed by atoms with E-state index >= 15 is 0 Å². The molecule has 1 amide bonds. The van der Waals surface area contributed by atoms with Gasteiger partial charge in [0.15, 0.2) is 27.9 Å². The van der Waals surface area contributed by atoms with Gasteiger partial charge in [-0.25, -0.2) is 8.42 Å². The number of carbonyl (C=O) groups is 1. The lowest BCUT2D eigenvalue weighted by Gasteiger charge is -2.13. The number of fused-ring (bicyclic) bond motifs is 1. The second-order valence-corrected chi connectivity index (χ2v) is 9.28. The minimum absolute atomic E-state index is 0.0413. The number of hydrogen-bond donors (Lipinski definition) is 1. The Bertz CT molecular complexity index is 1410. The lowest BCUT2D eigenvalue weighted by atomic mass is 10.2. The van der Waals surface area contributed by atoms with Crippen molar-refractivity contribution in [3.05, 3.63) is 69.9 Å². The summed E-state index contributed by atoms with van der Waals surface area (Å²) in [5.74, 6) is 0.836. The van der Waals surface area contributed by atoms with Gasteiger partial charge in [0, 0.05) is 11.5 Å². The number of para-hydroxylation sites is 2. The molecule has 10 heteroatoms. The fraction of sp³-hybridized carbons (Fsp3) is 0.217. The molecule has 0 saturated heterocycles. The summed E-state index contributed by atoms with van der Waals surface area (Å²) in [5, 5.41) is 3.93. The monoisotopic (exact) mass is 471 g/mol. The second kappa shape index (κ2) is 8.99. The van der Waals surface area contributed by atoms with E-state index in [0.29, 0.717) is 17.2 Å². The van der Waals surface area contributed by atoms with Crippen molar-refractivity contribution in [1.29, 1.82) is 0 Å². The number of benzene rings is 2. The number of methoxy groups -OCH3 is 1. The SMILES string of the molecule is COc1ccccc1Oc1c(C)oc2cc(OCC(=O)N[C@H]3C=CS(=O)(=O)C3)ccc2c1=O. The van der Waals surface area contributed by atoms with Gasteiger partial charge in [-0.1, -0.05) is 12.1 Å². The van der Waals surface area contributed by atoms with Crippen LogP contribution in [0.5, 0.6) is 23.0 Å². The lowest BCUT2D eigenvalue weighted by molar-refractivity contribution is -0.123. The van der Waals surface area contributed by atoms with Crippen molar-refractivity contribution >= 4 is 26.7 Å². The van der Waals surface area contributed by atoms with Crippen LogP contribution in [0.25, 0.3) is 11.0 Å². The van der Waals surface area contributed by atoms with E-state index in [1.165, 1.54) is 31.4 Å². The molecule has 0 unspecified atom stereocenters. The van der Waals surface area contributed by atoms with Crippen molar-refractivity contribution in [3.63, 3.8) is 0 Å². The zero-order valence-corrected chi connectivity index (χ0v) is 18.7. The minimum Gasteiger partial charge on any atom is -0.493 e. The smallest absolute Gasteiger partial charge is 0.258 e. The summed E-state index contributed by atoms with van der Waals surface area (Å²) in [6.45, 7) is 1.28. The summed E-state index contributed by atoms with van der Waals surface area (Å²) in [7, 11) is -1.76. The van der Waals surface area contributed by atoms with E-state index in [2.05, 4.69) is 5.32 Å². The third-order valence-electron chi connectivity index (χ3n) is 4.91. The van der Waals surface area contributed by atoms with Gasteiger partial charge in [-0.05, 0) is 37.3 Å². The molecule has 4 rings (SSSR count). The standard InChI is InChI=1S/C23H21NO8S/c1-14-23(32-19-6-4-3-5-18(19)29-2)22(26)17-8-7-16(11-20(17)31-14)30-12-21(25)24-15-9-10-33(27,28)13-15/h3-11,15H,12-13H2,1-2H3,(H,24,25)/t15-/m0/s1. The highest BCUT2D eigenvalue weighted by Gasteiger charge is 2.23. The van der Waals surface area contributed by atoms with E-state index in [9.17, 15) is 18.0 Å². The van der Waals surface area contributed by atoms with Gasteiger partial charge in [0.2, 0.25) is 11.2 Å². The molecule has 1 N–H and O–H groups in total.